The van der Waals surface area contributed by atoms with Crippen LogP contribution in [-0.2, 0) is 15.8 Å². The van der Waals surface area contributed by atoms with Crippen molar-refractivity contribution in [1.82, 2.24) is 4.72 Å². The van der Waals surface area contributed by atoms with E-state index in [9.17, 15) is 8.42 Å². The van der Waals surface area contributed by atoms with Gasteiger partial charge in [-0.1, -0.05) is 60.2 Å². The first kappa shape index (κ1) is 17.8. The molecule has 0 heterocycles. The summed E-state index contributed by atoms with van der Waals surface area (Å²) in [6.45, 7) is 2.49. The summed E-state index contributed by atoms with van der Waals surface area (Å²) in [7, 11) is -3.37. The Labute approximate surface area is 142 Å². The van der Waals surface area contributed by atoms with Crippen LogP contribution in [0, 0.1) is 6.92 Å². The molecule has 0 radical (unpaired) electrons. The van der Waals surface area contributed by atoms with E-state index in [2.05, 4.69) is 35.9 Å². The molecular formula is C18H21NO2S2. The predicted molar refractivity (Wildman–Crippen MR) is 99.7 cm³/mol. The Hall–Kier alpha value is -1.56. The zero-order chi connectivity index (χ0) is 16.5. The van der Waals surface area contributed by atoms with Gasteiger partial charge >= 0.3 is 0 Å². The number of rotatable bonds is 8. The predicted octanol–water partition coefficient (Wildman–Crippen LogP) is 3.82. The van der Waals surface area contributed by atoms with Crippen molar-refractivity contribution >= 4 is 27.9 Å². The fourth-order valence-electron chi connectivity index (χ4n) is 1.91. The molecule has 23 heavy (non-hydrogen) atoms. The highest BCUT2D eigenvalue weighted by molar-refractivity contribution is 7.98. The maximum absolute atomic E-state index is 11.9. The van der Waals surface area contributed by atoms with Crippen LogP contribution in [0.4, 0.5) is 0 Å². The Kier molecular flexibility index (Phi) is 6.89. The maximum Gasteiger partial charge on any atom is 0.233 e. The normalized spacial score (nSPS) is 11.9. The zero-order valence-corrected chi connectivity index (χ0v) is 14.7. The van der Waals surface area contributed by atoms with Gasteiger partial charge in [-0.2, -0.15) is 11.8 Å². The van der Waals surface area contributed by atoms with Crippen LogP contribution in [0.15, 0.2) is 60.0 Å². The standard InChI is InChI=1S/C18H21NO2S2/c1-16-7-9-18(10-8-16)15-22-13-12-19-23(20,21)14-11-17-5-3-2-4-6-17/h2-11,14,19H,12-13,15H2,1H3/b14-11+. The quantitative estimate of drug-likeness (QED) is 0.739. The van der Waals surface area contributed by atoms with Crippen LogP contribution >= 0.6 is 11.8 Å². The van der Waals surface area contributed by atoms with E-state index in [1.54, 1.807) is 17.8 Å². The summed E-state index contributed by atoms with van der Waals surface area (Å²) in [6, 6.07) is 17.8. The Morgan fingerprint density at radius 3 is 2.43 bits per heavy atom. The molecular weight excluding hydrogens is 326 g/mol. The van der Waals surface area contributed by atoms with Crippen LogP contribution in [0.25, 0.3) is 6.08 Å². The number of hydrogen-bond acceptors (Lipinski definition) is 3. The minimum Gasteiger partial charge on any atom is -0.211 e. The lowest BCUT2D eigenvalue weighted by Gasteiger charge is -2.04. The number of hydrogen-bond donors (Lipinski definition) is 1. The van der Waals surface area contributed by atoms with Gasteiger partial charge in [0.2, 0.25) is 10.0 Å². The Morgan fingerprint density at radius 2 is 1.74 bits per heavy atom. The molecule has 0 atom stereocenters. The molecule has 0 aliphatic rings. The summed E-state index contributed by atoms with van der Waals surface area (Å²) in [5.74, 6) is 1.63. The van der Waals surface area contributed by atoms with Crippen molar-refractivity contribution in [3.05, 3.63) is 76.7 Å². The lowest BCUT2D eigenvalue weighted by Crippen LogP contribution is -2.23. The molecule has 2 aromatic rings. The van der Waals surface area contributed by atoms with Crippen LogP contribution in [0.3, 0.4) is 0 Å². The summed E-state index contributed by atoms with van der Waals surface area (Å²) in [4.78, 5) is 0. The molecule has 3 nitrogen and oxygen atoms in total. The second-order valence-corrected chi connectivity index (χ2v) is 7.95. The van der Waals surface area contributed by atoms with Gasteiger partial charge in [0.1, 0.15) is 0 Å². The van der Waals surface area contributed by atoms with Gasteiger partial charge in [-0.05, 0) is 24.1 Å². The molecule has 2 aromatic carbocycles. The van der Waals surface area contributed by atoms with E-state index in [1.807, 2.05) is 30.3 Å². The molecule has 0 saturated heterocycles. The van der Waals surface area contributed by atoms with Crippen molar-refractivity contribution in [3.8, 4) is 0 Å². The largest absolute Gasteiger partial charge is 0.233 e. The van der Waals surface area contributed by atoms with E-state index in [0.717, 1.165) is 17.1 Å². The average molecular weight is 348 g/mol. The van der Waals surface area contributed by atoms with Crippen molar-refractivity contribution in [2.45, 2.75) is 12.7 Å². The van der Waals surface area contributed by atoms with E-state index in [1.165, 1.54) is 16.5 Å². The molecule has 5 heteroatoms. The molecule has 0 amide bonds. The van der Waals surface area contributed by atoms with Gasteiger partial charge in [-0.25, -0.2) is 13.1 Å². The third-order valence-corrected chi connectivity index (χ3v) is 5.31. The number of thioether (sulfide) groups is 1. The van der Waals surface area contributed by atoms with E-state index < -0.39 is 10.0 Å². The van der Waals surface area contributed by atoms with Gasteiger partial charge in [0.15, 0.2) is 0 Å². The van der Waals surface area contributed by atoms with Crippen molar-refractivity contribution in [2.75, 3.05) is 12.3 Å². The molecule has 0 fully saturated rings. The molecule has 0 aromatic heterocycles. The van der Waals surface area contributed by atoms with E-state index in [4.69, 9.17) is 0 Å². The van der Waals surface area contributed by atoms with Crippen LogP contribution in [0.1, 0.15) is 16.7 Å². The monoisotopic (exact) mass is 347 g/mol. The molecule has 0 saturated carbocycles. The Balaban J connectivity index is 1.70. The van der Waals surface area contributed by atoms with Gasteiger partial charge in [-0.3, -0.25) is 0 Å². The highest BCUT2D eigenvalue weighted by Gasteiger charge is 2.03. The second-order valence-electron chi connectivity index (χ2n) is 5.19. The van der Waals surface area contributed by atoms with E-state index >= 15 is 0 Å². The van der Waals surface area contributed by atoms with E-state index in [0.29, 0.717) is 6.54 Å². The summed E-state index contributed by atoms with van der Waals surface area (Å²) in [6.07, 6.45) is 1.60. The van der Waals surface area contributed by atoms with E-state index in [-0.39, 0.29) is 0 Å². The third kappa shape index (κ3) is 7.03. The van der Waals surface area contributed by atoms with Gasteiger partial charge in [0.25, 0.3) is 0 Å². The number of sulfonamides is 1. The third-order valence-electron chi connectivity index (χ3n) is 3.18. The van der Waals surface area contributed by atoms with Crippen molar-refractivity contribution in [1.29, 1.82) is 0 Å². The number of benzene rings is 2. The summed E-state index contributed by atoms with van der Waals surface area (Å²) in [5, 5.41) is 1.22. The van der Waals surface area contributed by atoms with Gasteiger partial charge < -0.3 is 0 Å². The molecule has 122 valence electrons. The molecule has 0 bridgehead atoms. The Bertz CT molecular complexity index is 723. The van der Waals surface area contributed by atoms with Gasteiger partial charge in [0.05, 0.1) is 0 Å². The first-order valence-electron chi connectivity index (χ1n) is 7.41. The van der Waals surface area contributed by atoms with Crippen LogP contribution < -0.4 is 4.72 Å². The summed E-state index contributed by atoms with van der Waals surface area (Å²) < 4.78 is 26.3. The number of aryl methyl sites for hydroxylation is 1. The van der Waals surface area contributed by atoms with Crippen LogP contribution in [-0.4, -0.2) is 20.7 Å². The lowest BCUT2D eigenvalue weighted by atomic mass is 10.2. The van der Waals surface area contributed by atoms with Gasteiger partial charge in [0, 0.05) is 23.5 Å². The molecule has 2 rings (SSSR count). The highest BCUT2D eigenvalue weighted by Crippen LogP contribution is 2.12. The van der Waals surface area contributed by atoms with Crippen molar-refractivity contribution in [3.63, 3.8) is 0 Å². The average Bonchev–Trinajstić information content (AvgIpc) is 2.55. The first-order valence-corrected chi connectivity index (χ1v) is 10.1. The first-order chi connectivity index (χ1) is 11.1. The number of nitrogens with one attached hydrogen (secondary N) is 1. The molecule has 0 spiro atoms. The fraction of sp³-hybridized carbons (Fsp3) is 0.222. The SMILES string of the molecule is Cc1ccc(CSCCNS(=O)(=O)/C=C/c2ccccc2)cc1. The summed E-state index contributed by atoms with van der Waals surface area (Å²) in [5.41, 5.74) is 3.37. The maximum atomic E-state index is 11.9. The second kappa shape index (κ2) is 8.91. The van der Waals surface area contributed by atoms with Crippen LogP contribution in [0.2, 0.25) is 0 Å². The molecule has 0 aliphatic carbocycles. The zero-order valence-electron chi connectivity index (χ0n) is 13.1. The van der Waals surface area contributed by atoms with Crippen molar-refractivity contribution in [2.24, 2.45) is 0 Å². The topological polar surface area (TPSA) is 46.2 Å². The minimum absolute atomic E-state index is 0.429. The molecule has 0 unspecified atom stereocenters. The fourth-order valence-corrected chi connectivity index (χ4v) is 3.68. The highest BCUT2D eigenvalue weighted by atomic mass is 32.2. The minimum atomic E-state index is -3.37. The smallest absolute Gasteiger partial charge is 0.211 e. The van der Waals surface area contributed by atoms with Crippen LogP contribution in [0.5, 0.6) is 0 Å². The Morgan fingerprint density at radius 1 is 1.04 bits per heavy atom. The van der Waals surface area contributed by atoms with Crippen molar-refractivity contribution < 1.29 is 8.42 Å². The van der Waals surface area contributed by atoms with Gasteiger partial charge in [-0.15, -0.1) is 0 Å². The summed E-state index contributed by atoms with van der Waals surface area (Å²) >= 11 is 1.72. The molecule has 1 N–H and O–H groups in total. The lowest BCUT2D eigenvalue weighted by molar-refractivity contribution is 0.593. The molecule has 0 aliphatic heterocycles.